The van der Waals surface area contributed by atoms with Crippen molar-refractivity contribution in [2.45, 2.75) is 39.8 Å². The van der Waals surface area contributed by atoms with Crippen LogP contribution in [0.1, 0.15) is 31.9 Å². The fourth-order valence-corrected chi connectivity index (χ4v) is 1.18. The normalized spacial score (nSPS) is 11.8. The van der Waals surface area contributed by atoms with E-state index in [9.17, 15) is 4.39 Å². The van der Waals surface area contributed by atoms with Gasteiger partial charge in [0, 0.05) is 12.1 Å². The summed E-state index contributed by atoms with van der Waals surface area (Å²) in [7, 11) is 0. The van der Waals surface area contributed by atoms with Crippen LogP contribution < -0.4 is 5.32 Å². The molecular formula is C12H18FN. The lowest BCUT2D eigenvalue weighted by Crippen LogP contribution is -2.35. The molecule has 0 amide bonds. The third kappa shape index (κ3) is 3.46. The Morgan fingerprint density at radius 3 is 2.43 bits per heavy atom. The standard InChI is InChI=1S/C12H18FN/c1-9-7-10(5-6-11(9)13)8-14-12(2,3)4/h5-7,14H,8H2,1-4H3. The zero-order chi connectivity index (χ0) is 10.8. The van der Waals surface area contributed by atoms with Gasteiger partial charge in [0.25, 0.3) is 0 Å². The molecule has 0 atom stereocenters. The predicted octanol–water partition coefficient (Wildman–Crippen LogP) is 3.02. The molecule has 0 saturated carbocycles. The maximum Gasteiger partial charge on any atom is 0.126 e. The van der Waals surface area contributed by atoms with E-state index in [2.05, 4.69) is 26.1 Å². The minimum Gasteiger partial charge on any atom is -0.308 e. The Bertz CT molecular complexity index is 313. The fourth-order valence-electron chi connectivity index (χ4n) is 1.18. The van der Waals surface area contributed by atoms with Crippen LogP contribution in [0.15, 0.2) is 18.2 Å². The number of rotatable bonds is 2. The van der Waals surface area contributed by atoms with Crippen LogP contribution in [0.4, 0.5) is 4.39 Å². The van der Waals surface area contributed by atoms with Crippen molar-refractivity contribution in [3.8, 4) is 0 Å². The highest BCUT2D eigenvalue weighted by molar-refractivity contribution is 5.23. The molecule has 1 aromatic carbocycles. The first-order valence-electron chi connectivity index (χ1n) is 4.88. The van der Waals surface area contributed by atoms with Gasteiger partial charge < -0.3 is 5.32 Å². The van der Waals surface area contributed by atoms with Gasteiger partial charge in [0.15, 0.2) is 0 Å². The molecule has 78 valence electrons. The lowest BCUT2D eigenvalue weighted by atomic mass is 10.1. The van der Waals surface area contributed by atoms with Crippen molar-refractivity contribution in [1.82, 2.24) is 5.32 Å². The first-order chi connectivity index (χ1) is 6.38. The van der Waals surface area contributed by atoms with Gasteiger partial charge in [0.05, 0.1) is 0 Å². The minimum absolute atomic E-state index is 0.0995. The summed E-state index contributed by atoms with van der Waals surface area (Å²) in [4.78, 5) is 0. The van der Waals surface area contributed by atoms with Crippen molar-refractivity contribution in [3.63, 3.8) is 0 Å². The molecule has 0 heterocycles. The van der Waals surface area contributed by atoms with Crippen LogP contribution in [0.2, 0.25) is 0 Å². The molecule has 0 aliphatic carbocycles. The summed E-state index contributed by atoms with van der Waals surface area (Å²) in [5.41, 5.74) is 1.93. The van der Waals surface area contributed by atoms with Gasteiger partial charge in [-0.05, 0) is 44.9 Å². The molecule has 0 aromatic heterocycles. The van der Waals surface area contributed by atoms with Crippen molar-refractivity contribution in [2.24, 2.45) is 0 Å². The van der Waals surface area contributed by atoms with Gasteiger partial charge >= 0.3 is 0 Å². The van der Waals surface area contributed by atoms with Gasteiger partial charge in [-0.3, -0.25) is 0 Å². The van der Waals surface area contributed by atoms with Crippen molar-refractivity contribution in [1.29, 1.82) is 0 Å². The lowest BCUT2D eigenvalue weighted by molar-refractivity contribution is 0.424. The Balaban J connectivity index is 2.65. The third-order valence-corrected chi connectivity index (χ3v) is 2.05. The first-order valence-corrected chi connectivity index (χ1v) is 4.88. The molecule has 0 saturated heterocycles. The van der Waals surface area contributed by atoms with Crippen molar-refractivity contribution >= 4 is 0 Å². The van der Waals surface area contributed by atoms with Gasteiger partial charge in [-0.15, -0.1) is 0 Å². The van der Waals surface area contributed by atoms with E-state index in [1.165, 1.54) is 6.07 Å². The van der Waals surface area contributed by atoms with Crippen molar-refractivity contribution < 1.29 is 4.39 Å². The van der Waals surface area contributed by atoms with Gasteiger partial charge in [-0.1, -0.05) is 12.1 Å². The quantitative estimate of drug-likeness (QED) is 0.765. The predicted molar refractivity (Wildman–Crippen MR) is 57.7 cm³/mol. The van der Waals surface area contributed by atoms with Crippen LogP contribution in [0, 0.1) is 12.7 Å². The van der Waals surface area contributed by atoms with Crippen LogP contribution in [-0.4, -0.2) is 5.54 Å². The number of nitrogens with one attached hydrogen (secondary N) is 1. The highest BCUT2D eigenvalue weighted by Gasteiger charge is 2.08. The van der Waals surface area contributed by atoms with Crippen LogP contribution in [-0.2, 0) is 6.54 Å². The second-order valence-electron chi connectivity index (χ2n) is 4.69. The summed E-state index contributed by atoms with van der Waals surface area (Å²) < 4.78 is 13.0. The average Bonchev–Trinajstić information content (AvgIpc) is 2.06. The zero-order valence-corrected chi connectivity index (χ0v) is 9.32. The van der Waals surface area contributed by atoms with Gasteiger partial charge in [-0.25, -0.2) is 4.39 Å². The molecule has 1 nitrogen and oxygen atoms in total. The zero-order valence-electron chi connectivity index (χ0n) is 9.32. The number of halogens is 1. The van der Waals surface area contributed by atoms with E-state index in [1.54, 1.807) is 6.92 Å². The Morgan fingerprint density at radius 1 is 1.29 bits per heavy atom. The maximum atomic E-state index is 13.0. The van der Waals surface area contributed by atoms with E-state index < -0.39 is 0 Å². The molecule has 0 unspecified atom stereocenters. The Labute approximate surface area is 85.3 Å². The lowest BCUT2D eigenvalue weighted by Gasteiger charge is -2.20. The molecule has 1 N–H and O–H groups in total. The smallest absolute Gasteiger partial charge is 0.126 e. The van der Waals surface area contributed by atoms with Crippen LogP contribution >= 0.6 is 0 Å². The summed E-state index contributed by atoms with van der Waals surface area (Å²) in [5.74, 6) is -0.135. The van der Waals surface area contributed by atoms with E-state index in [-0.39, 0.29) is 11.4 Å². The number of hydrogen-bond donors (Lipinski definition) is 1. The summed E-state index contributed by atoms with van der Waals surface area (Å²) in [5, 5.41) is 3.36. The molecule has 0 spiro atoms. The maximum absolute atomic E-state index is 13.0. The molecule has 1 aromatic rings. The Morgan fingerprint density at radius 2 is 1.93 bits per heavy atom. The number of hydrogen-bond acceptors (Lipinski definition) is 1. The topological polar surface area (TPSA) is 12.0 Å². The van der Waals surface area contributed by atoms with Crippen molar-refractivity contribution in [3.05, 3.63) is 35.1 Å². The average molecular weight is 195 g/mol. The SMILES string of the molecule is Cc1cc(CNC(C)(C)C)ccc1F. The number of aryl methyl sites for hydroxylation is 1. The Hall–Kier alpha value is -0.890. The summed E-state index contributed by atoms with van der Waals surface area (Å²) in [6.45, 7) is 8.91. The molecule has 14 heavy (non-hydrogen) atoms. The molecule has 0 fully saturated rings. The van der Waals surface area contributed by atoms with E-state index in [0.29, 0.717) is 5.56 Å². The monoisotopic (exact) mass is 195 g/mol. The van der Waals surface area contributed by atoms with E-state index >= 15 is 0 Å². The highest BCUT2D eigenvalue weighted by atomic mass is 19.1. The van der Waals surface area contributed by atoms with Gasteiger partial charge in [-0.2, -0.15) is 0 Å². The molecule has 0 aliphatic heterocycles. The second-order valence-corrected chi connectivity index (χ2v) is 4.69. The van der Waals surface area contributed by atoms with Gasteiger partial charge in [0.1, 0.15) is 5.82 Å². The number of benzene rings is 1. The molecule has 0 aliphatic rings. The molecule has 2 heteroatoms. The molecule has 0 radical (unpaired) electrons. The van der Waals surface area contributed by atoms with Crippen molar-refractivity contribution in [2.75, 3.05) is 0 Å². The molecule has 1 rings (SSSR count). The van der Waals surface area contributed by atoms with Crippen LogP contribution in [0.5, 0.6) is 0 Å². The molecular weight excluding hydrogens is 177 g/mol. The third-order valence-electron chi connectivity index (χ3n) is 2.05. The highest BCUT2D eigenvalue weighted by Crippen LogP contribution is 2.10. The Kier molecular flexibility index (Phi) is 3.27. The second kappa shape index (κ2) is 4.09. The fraction of sp³-hybridized carbons (Fsp3) is 0.500. The first kappa shape index (κ1) is 11.2. The van der Waals surface area contributed by atoms with Crippen LogP contribution in [0.3, 0.4) is 0 Å². The molecule has 0 bridgehead atoms. The van der Waals surface area contributed by atoms with Crippen LogP contribution in [0.25, 0.3) is 0 Å². The van der Waals surface area contributed by atoms with E-state index in [0.717, 1.165) is 12.1 Å². The van der Waals surface area contributed by atoms with E-state index in [4.69, 9.17) is 0 Å². The summed E-state index contributed by atoms with van der Waals surface area (Å²) in [6, 6.07) is 5.23. The summed E-state index contributed by atoms with van der Waals surface area (Å²) in [6.07, 6.45) is 0. The largest absolute Gasteiger partial charge is 0.308 e. The van der Waals surface area contributed by atoms with Gasteiger partial charge in [0.2, 0.25) is 0 Å². The van der Waals surface area contributed by atoms with E-state index in [1.807, 2.05) is 12.1 Å². The summed E-state index contributed by atoms with van der Waals surface area (Å²) >= 11 is 0. The minimum atomic E-state index is -0.135.